The molecular formula is C25H23FN8O. The molecule has 0 fully saturated rings. The number of pyridine rings is 2. The molecule has 9 nitrogen and oxygen atoms in total. The molecule has 0 aliphatic heterocycles. The number of aryl methyl sites for hydroxylation is 1. The van der Waals surface area contributed by atoms with E-state index in [1.807, 2.05) is 68.4 Å². The molecular weight excluding hydrogens is 447 g/mol. The highest BCUT2D eigenvalue weighted by Crippen LogP contribution is 2.35. The number of hydrogen-bond donors (Lipinski definition) is 1. The number of aromatic nitrogens is 6. The maximum Gasteiger partial charge on any atom is 0.353 e. The third-order valence-electron chi connectivity index (χ3n) is 5.59. The Morgan fingerprint density at radius 3 is 2.49 bits per heavy atom. The molecule has 0 radical (unpaired) electrons. The molecule has 2 N–H and O–H groups in total. The second-order valence-electron chi connectivity index (χ2n) is 8.38. The minimum Gasteiger partial charge on any atom is -0.369 e. The van der Waals surface area contributed by atoms with Gasteiger partial charge in [-0.3, -0.25) is 4.98 Å². The van der Waals surface area contributed by atoms with Crippen LogP contribution in [0, 0.1) is 12.7 Å². The highest BCUT2D eigenvalue weighted by atomic mass is 19.1. The summed E-state index contributed by atoms with van der Waals surface area (Å²) in [5.41, 5.74) is 10.4. The maximum absolute atomic E-state index is 13.3. The first-order valence-electron chi connectivity index (χ1n) is 10.9. The fraction of sp³-hybridized carbons (Fsp3) is 0.160. The number of fused-ring (bicyclic) bond motifs is 1. The Hall–Kier alpha value is -4.60. The van der Waals surface area contributed by atoms with Crippen LogP contribution in [0.3, 0.4) is 0 Å². The van der Waals surface area contributed by atoms with Gasteiger partial charge in [0.05, 0.1) is 29.7 Å². The zero-order valence-electron chi connectivity index (χ0n) is 19.5. The largest absolute Gasteiger partial charge is 0.369 e. The summed E-state index contributed by atoms with van der Waals surface area (Å²) in [5.74, 6) is 0.319. The van der Waals surface area contributed by atoms with Crippen LogP contribution in [-0.4, -0.2) is 43.2 Å². The number of anilines is 2. The topological polar surface area (TPSA) is 107 Å². The molecule has 0 bridgehead atoms. The van der Waals surface area contributed by atoms with E-state index in [9.17, 15) is 9.18 Å². The van der Waals surface area contributed by atoms with Gasteiger partial charge in [-0.1, -0.05) is 30.3 Å². The molecule has 0 saturated carbocycles. The normalized spacial score (nSPS) is 11.2. The zero-order valence-corrected chi connectivity index (χ0v) is 19.5. The molecule has 176 valence electrons. The number of nitrogens with two attached hydrogens (primary N) is 1. The number of hydrogen-bond acceptors (Lipinski definition) is 7. The second kappa shape index (κ2) is 8.64. The van der Waals surface area contributed by atoms with Crippen LogP contribution in [0.5, 0.6) is 0 Å². The van der Waals surface area contributed by atoms with Crippen molar-refractivity contribution in [3.05, 3.63) is 88.5 Å². The van der Waals surface area contributed by atoms with Crippen LogP contribution in [0.2, 0.25) is 0 Å². The van der Waals surface area contributed by atoms with Gasteiger partial charge in [0, 0.05) is 25.4 Å². The van der Waals surface area contributed by atoms with Gasteiger partial charge in [0.1, 0.15) is 11.6 Å². The van der Waals surface area contributed by atoms with Crippen molar-refractivity contribution >= 4 is 17.4 Å². The molecule has 0 aliphatic carbocycles. The van der Waals surface area contributed by atoms with E-state index in [0.29, 0.717) is 22.6 Å². The minimum absolute atomic E-state index is 0.0181. The Balaban J connectivity index is 1.81. The molecule has 0 unspecified atom stereocenters. The second-order valence-corrected chi connectivity index (χ2v) is 8.38. The van der Waals surface area contributed by atoms with Crippen LogP contribution >= 0.6 is 0 Å². The smallest absolute Gasteiger partial charge is 0.353 e. The Morgan fingerprint density at radius 1 is 1.03 bits per heavy atom. The van der Waals surface area contributed by atoms with E-state index >= 15 is 0 Å². The van der Waals surface area contributed by atoms with E-state index in [4.69, 9.17) is 5.73 Å². The van der Waals surface area contributed by atoms with Crippen LogP contribution in [-0.2, 0) is 6.54 Å². The van der Waals surface area contributed by atoms with Crippen molar-refractivity contribution in [2.45, 2.75) is 13.5 Å². The highest BCUT2D eigenvalue weighted by Gasteiger charge is 2.22. The lowest BCUT2D eigenvalue weighted by atomic mass is 10.00. The number of halogens is 1. The molecule has 0 saturated heterocycles. The summed E-state index contributed by atoms with van der Waals surface area (Å²) in [5, 5.41) is 4.64. The Labute approximate surface area is 200 Å². The SMILES string of the molecule is Cc1cc(-c2c(-c3ccccc3)nc(N)n3c(=O)n(Cc4ccc(F)cn4)nc23)cc(N(C)C)n1. The van der Waals surface area contributed by atoms with Gasteiger partial charge in [-0.2, -0.15) is 0 Å². The molecule has 10 heteroatoms. The van der Waals surface area contributed by atoms with Gasteiger partial charge in [-0.25, -0.2) is 28.2 Å². The Morgan fingerprint density at radius 2 is 1.80 bits per heavy atom. The van der Waals surface area contributed by atoms with Gasteiger partial charge in [0.15, 0.2) is 5.65 Å². The van der Waals surface area contributed by atoms with E-state index < -0.39 is 11.5 Å². The van der Waals surface area contributed by atoms with Crippen LogP contribution in [0.4, 0.5) is 16.2 Å². The quantitative estimate of drug-likeness (QED) is 0.420. The summed E-state index contributed by atoms with van der Waals surface area (Å²) in [6, 6.07) is 16.3. The van der Waals surface area contributed by atoms with Crippen LogP contribution < -0.4 is 16.3 Å². The fourth-order valence-corrected chi connectivity index (χ4v) is 3.95. The van der Waals surface area contributed by atoms with Crippen LogP contribution in [0.25, 0.3) is 28.0 Å². The predicted molar refractivity (Wildman–Crippen MR) is 133 cm³/mol. The number of rotatable bonds is 5. The van der Waals surface area contributed by atoms with Crippen molar-refractivity contribution in [2.24, 2.45) is 0 Å². The van der Waals surface area contributed by atoms with Gasteiger partial charge in [-0.05, 0) is 36.8 Å². The fourth-order valence-electron chi connectivity index (χ4n) is 3.95. The van der Waals surface area contributed by atoms with E-state index in [-0.39, 0.29) is 12.5 Å². The van der Waals surface area contributed by atoms with Crippen molar-refractivity contribution in [3.63, 3.8) is 0 Å². The average molecular weight is 471 g/mol. The molecule has 5 aromatic rings. The summed E-state index contributed by atoms with van der Waals surface area (Å²) in [6.45, 7) is 1.96. The highest BCUT2D eigenvalue weighted by molar-refractivity contribution is 5.91. The van der Waals surface area contributed by atoms with Crippen molar-refractivity contribution in [1.82, 2.24) is 29.1 Å². The summed E-state index contributed by atoms with van der Waals surface area (Å²) >= 11 is 0. The van der Waals surface area contributed by atoms with E-state index in [0.717, 1.165) is 28.8 Å². The third-order valence-corrected chi connectivity index (χ3v) is 5.59. The first kappa shape index (κ1) is 22.2. The number of nitrogen functional groups attached to an aromatic ring is 1. The summed E-state index contributed by atoms with van der Waals surface area (Å²) in [6.07, 6.45) is 1.10. The monoisotopic (exact) mass is 470 g/mol. The first-order chi connectivity index (χ1) is 16.8. The van der Waals surface area contributed by atoms with Gasteiger partial charge in [0.25, 0.3) is 0 Å². The molecule has 5 rings (SSSR count). The summed E-state index contributed by atoms with van der Waals surface area (Å²) in [7, 11) is 3.82. The van der Waals surface area contributed by atoms with E-state index in [2.05, 4.69) is 20.1 Å². The standard InChI is InChI=1S/C25H23FN8O/c1-15-11-17(12-20(29-15)32(2)3)21-22(16-7-5-4-6-8-16)30-24(27)34-23(21)31-33(25(34)35)14-19-10-9-18(26)13-28-19/h4-13H,14H2,1-3H3,(H2,27,30). The van der Waals surface area contributed by atoms with Gasteiger partial charge in [-0.15, -0.1) is 5.10 Å². The van der Waals surface area contributed by atoms with Crippen molar-refractivity contribution in [3.8, 4) is 22.4 Å². The molecule has 0 atom stereocenters. The van der Waals surface area contributed by atoms with E-state index in [1.54, 1.807) is 0 Å². The Bertz CT molecular complexity index is 1590. The molecule has 4 heterocycles. The predicted octanol–water partition coefficient (Wildman–Crippen LogP) is 3.16. The zero-order chi connectivity index (χ0) is 24.7. The lowest BCUT2D eigenvalue weighted by molar-refractivity contribution is 0.609. The summed E-state index contributed by atoms with van der Waals surface area (Å²) < 4.78 is 15.9. The molecule has 0 spiro atoms. The number of nitrogens with zero attached hydrogens (tertiary/aromatic N) is 7. The minimum atomic E-state index is -0.462. The van der Waals surface area contributed by atoms with Crippen molar-refractivity contribution in [1.29, 1.82) is 0 Å². The third kappa shape index (κ3) is 4.10. The van der Waals surface area contributed by atoms with Gasteiger partial charge >= 0.3 is 5.69 Å². The average Bonchev–Trinajstić information content (AvgIpc) is 3.16. The Kier molecular flexibility index (Phi) is 5.48. The number of benzene rings is 1. The molecule has 35 heavy (non-hydrogen) atoms. The molecule has 1 aromatic carbocycles. The molecule has 0 amide bonds. The molecule has 4 aromatic heterocycles. The molecule has 0 aliphatic rings. The van der Waals surface area contributed by atoms with Gasteiger partial charge in [0.2, 0.25) is 5.95 Å². The summed E-state index contributed by atoms with van der Waals surface area (Å²) in [4.78, 5) is 28.5. The lowest BCUT2D eigenvalue weighted by Crippen LogP contribution is -2.24. The van der Waals surface area contributed by atoms with Crippen LogP contribution in [0.1, 0.15) is 11.4 Å². The van der Waals surface area contributed by atoms with Crippen molar-refractivity contribution in [2.75, 3.05) is 24.7 Å². The maximum atomic E-state index is 13.3. The van der Waals surface area contributed by atoms with Gasteiger partial charge < -0.3 is 10.6 Å². The first-order valence-corrected chi connectivity index (χ1v) is 10.9. The lowest BCUT2D eigenvalue weighted by Gasteiger charge is -2.16. The van der Waals surface area contributed by atoms with E-state index in [1.165, 1.54) is 21.2 Å². The van der Waals surface area contributed by atoms with Crippen molar-refractivity contribution < 1.29 is 4.39 Å². The van der Waals surface area contributed by atoms with Crippen LogP contribution in [0.15, 0.2) is 65.6 Å².